The van der Waals surface area contributed by atoms with Crippen LogP contribution in [0.1, 0.15) is 51.7 Å². The van der Waals surface area contributed by atoms with Crippen molar-refractivity contribution < 1.29 is 4.79 Å². The highest BCUT2D eigenvalue weighted by Crippen LogP contribution is 2.17. The lowest BCUT2D eigenvalue weighted by Crippen LogP contribution is -2.47. The highest BCUT2D eigenvalue weighted by Gasteiger charge is 2.20. The number of benzene rings is 1. The summed E-state index contributed by atoms with van der Waals surface area (Å²) in [5, 5.41) is 6.68. The first-order valence-electron chi connectivity index (χ1n) is 8.80. The molecule has 0 spiro atoms. The van der Waals surface area contributed by atoms with Gasteiger partial charge in [-0.15, -0.1) is 0 Å². The molecule has 2 rings (SSSR count). The first-order valence-corrected chi connectivity index (χ1v) is 8.80. The zero-order valence-corrected chi connectivity index (χ0v) is 15.4. The van der Waals surface area contributed by atoms with Crippen LogP contribution in [0.15, 0.2) is 29.3 Å². The summed E-state index contributed by atoms with van der Waals surface area (Å²) in [5.74, 6) is 1.08. The van der Waals surface area contributed by atoms with Crippen LogP contribution >= 0.6 is 0 Å². The van der Waals surface area contributed by atoms with Gasteiger partial charge in [-0.2, -0.15) is 0 Å². The number of hydrogen-bond acceptors (Lipinski definition) is 2. The fourth-order valence-electron chi connectivity index (χ4n) is 2.77. The van der Waals surface area contributed by atoms with Gasteiger partial charge in [0, 0.05) is 31.6 Å². The quantitative estimate of drug-likeness (QED) is 0.645. The van der Waals surface area contributed by atoms with Crippen molar-refractivity contribution in [2.45, 2.75) is 59.2 Å². The number of carbonyl (C=O) groups excluding carboxylic acids is 1. The zero-order valence-electron chi connectivity index (χ0n) is 15.4. The maximum absolute atomic E-state index is 11.9. The second kappa shape index (κ2) is 8.18. The topological polar surface area (TPSA) is 56.7 Å². The lowest BCUT2D eigenvalue weighted by atomic mass is 10.1. The molecule has 0 radical (unpaired) electrons. The third-order valence-electron chi connectivity index (χ3n) is 3.90. The van der Waals surface area contributed by atoms with Crippen molar-refractivity contribution in [1.29, 1.82) is 0 Å². The van der Waals surface area contributed by atoms with Gasteiger partial charge in [0.05, 0.1) is 6.54 Å². The molecule has 0 saturated carbocycles. The Bertz CT molecular complexity index is 589. The molecule has 1 saturated heterocycles. The minimum absolute atomic E-state index is 0.0392. The number of aliphatic imine (C=N–C) groups is 1. The van der Waals surface area contributed by atoms with E-state index in [0.717, 1.165) is 25.5 Å². The summed E-state index contributed by atoms with van der Waals surface area (Å²) in [4.78, 5) is 18.5. The molecule has 0 bridgehead atoms. The van der Waals surface area contributed by atoms with Gasteiger partial charge in [0.2, 0.25) is 5.91 Å². The van der Waals surface area contributed by atoms with E-state index in [-0.39, 0.29) is 11.4 Å². The molecule has 1 fully saturated rings. The molecule has 1 aliphatic rings. The lowest BCUT2D eigenvalue weighted by molar-refractivity contribution is -0.128. The second-order valence-corrected chi connectivity index (χ2v) is 7.26. The fourth-order valence-corrected chi connectivity index (χ4v) is 2.77. The van der Waals surface area contributed by atoms with Crippen LogP contribution in [0.5, 0.6) is 0 Å². The van der Waals surface area contributed by atoms with E-state index in [4.69, 9.17) is 4.99 Å². The van der Waals surface area contributed by atoms with Gasteiger partial charge >= 0.3 is 0 Å². The largest absolute Gasteiger partial charge is 0.357 e. The average molecular weight is 330 g/mol. The molecule has 1 aliphatic heterocycles. The Labute approximate surface area is 145 Å². The van der Waals surface area contributed by atoms with Gasteiger partial charge in [-0.25, -0.2) is 4.99 Å². The summed E-state index contributed by atoms with van der Waals surface area (Å²) in [6.45, 7) is 11.4. The average Bonchev–Trinajstić information content (AvgIpc) is 2.90. The number of nitrogens with zero attached hydrogens (tertiary/aromatic N) is 2. The first-order chi connectivity index (χ1) is 11.4. The van der Waals surface area contributed by atoms with E-state index >= 15 is 0 Å². The van der Waals surface area contributed by atoms with Crippen molar-refractivity contribution in [2.24, 2.45) is 4.99 Å². The molecular weight excluding hydrogens is 300 g/mol. The van der Waals surface area contributed by atoms with E-state index in [1.807, 2.05) is 17.0 Å². The molecule has 0 unspecified atom stereocenters. The summed E-state index contributed by atoms with van der Waals surface area (Å²) in [6.07, 6.45) is 1.65. The summed E-state index contributed by atoms with van der Waals surface area (Å²) in [7, 11) is 0. The second-order valence-electron chi connectivity index (χ2n) is 7.26. The fraction of sp³-hybridized carbons (Fsp3) is 0.579. The number of rotatable bonds is 5. The summed E-state index contributed by atoms with van der Waals surface area (Å²) >= 11 is 0. The van der Waals surface area contributed by atoms with Crippen molar-refractivity contribution in [3.63, 3.8) is 0 Å². The smallest absolute Gasteiger partial charge is 0.222 e. The highest BCUT2D eigenvalue weighted by molar-refractivity contribution is 5.80. The van der Waals surface area contributed by atoms with Gasteiger partial charge in [-0.05, 0) is 45.2 Å². The maximum atomic E-state index is 11.9. The standard InChI is InChI=1S/C19H30N4O/c1-5-20-18(22-19(2,3)4)21-13-15-9-6-7-10-16(15)14-23-12-8-11-17(23)24/h6-7,9-10H,5,8,11-14H2,1-4H3,(H2,20,21,22). The Morgan fingerprint density at radius 3 is 2.54 bits per heavy atom. The van der Waals surface area contributed by atoms with Crippen molar-refractivity contribution in [2.75, 3.05) is 13.1 Å². The van der Waals surface area contributed by atoms with Crippen LogP contribution in [0, 0.1) is 0 Å². The van der Waals surface area contributed by atoms with E-state index in [9.17, 15) is 4.79 Å². The van der Waals surface area contributed by atoms with Crippen molar-refractivity contribution in [3.8, 4) is 0 Å². The normalized spacial score (nSPS) is 15.8. The van der Waals surface area contributed by atoms with E-state index in [1.165, 1.54) is 11.1 Å². The van der Waals surface area contributed by atoms with Crippen LogP contribution < -0.4 is 10.6 Å². The molecule has 1 aromatic carbocycles. The zero-order chi connectivity index (χ0) is 17.6. The van der Waals surface area contributed by atoms with Crippen LogP contribution in [0.2, 0.25) is 0 Å². The van der Waals surface area contributed by atoms with Crippen LogP contribution in [0.4, 0.5) is 0 Å². The van der Waals surface area contributed by atoms with E-state index in [0.29, 0.717) is 19.5 Å². The predicted octanol–water partition coefficient (Wildman–Crippen LogP) is 2.66. The summed E-state index contributed by atoms with van der Waals surface area (Å²) in [6, 6.07) is 8.26. The molecule has 0 atom stereocenters. The molecule has 132 valence electrons. The monoisotopic (exact) mass is 330 g/mol. The van der Waals surface area contributed by atoms with E-state index in [1.54, 1.807) is 0 Å². The maximum Gasteiger partial charge on any atom is 0.222 e. The Kier molecular flexibility index (Phi) is 6.23. The molecule has 1 heterocycles. The van der Waals surface area contributed by atoms with Crippen LogP contribution in [0.3, 0.4) is 0 Å². The molecule has 24 heavy (non-hydrogen) atoms. The molecular formula is C19H30N4O. The number of guanidine groups is 1. The van der Waals surface area contributed by atoms with Gasteiger partial charge in [-0.3, -0.25) is 4.79 Å². The van der Waals surface area contributed by atoms with Crippen LogP contribution in [-0.2, 0) is 17.9 Å². The third-order valence-corrected chi connectivity index (χ3v) is 3.90. The van der Waals surface area contributed by atoms with E-state index in [2.05, 4.69) is 50.5 Å². The third kappa shape index (κ3) is 5.55. The van der Waals surface area contributed by atoms with Crippen molar-refractivity contribution in [3.05, 3.63) is 35.4 Å². The van der Waals surface area contributed by atoms with Crippen molar-refractivity contribution in [1.82, 2.24) is 15.5 Å². The Balaban J connectivity index is 2.10. The molecule has 2 N–H and O–H groups in total. The van der Waals surface area contributed by atoms with Crippen LogP contribution in [-0.4, -0.2) is 35.4 Å². The summed E-state index contributed by atoms with van der Waals surface area (Å²) in [5.41, 5.74) is 2.31. The predicted molar refractivity (Wildman–Crippen MR) is 98.8 cm³/mol. The molecule has 0 aromatic heterocycles. The Morgan fingerprint density at radius 1 is 1.25 bits per heavy atom. The minimum atomic E-state index is -0.0392. The van der Waals surface area contributed by atoms with Crippen molar-refractivity contribution >= 4 is 11.9 Å². The number of likely N-dealkylation sites (tertiary alicyclic amines) is 1. The number of hydrogen-bond donors (Lipinski definition) is 2. The molecule has 5 heteroatoms. The number of amides is 1. The molecule has 1 amide bonds. The van der Waals surface area contributed by atoms with Gasteiger partial charge in [0.1, 0.15) is 0 Å². The minimum Gasteiger partial charge on any atom is -0.357 e. The number of nitrogens with one attached hydrogen (secondary N) is 2. The van der Waals surface area contributed by atoms with Gasteiger partial charge in [0.25, 0.3) is 0 Å². The van der Waals surface area contributed by atoms with E-state index < -0.39 is 0 Å². The van der Waals surface area contributed by atoms with Crippen LogP contribution in [0.25, 0.3) is 0 Å². The Hall–Kier alpha value is -2.04. The lowest BCUT2D eigenvalue weighted by Gasteiger charge is -2.24. The highest BCUT2D eigenvalue weighted by atomic mass is 16.2. The van der Waals surface area contributed by atoms with Gasteiger partial charge in [0.15, 0.2) is 5.96 Å². The SMILES string of the molecule is CCNC(=NCc1ccccc1CN1CCCC1=O)NC(C)(C)C. The van der Waals surface area contributed by atoms with Gasteiger partial charge < -0.3 is 15.5 Å². The first kappa shape index (κ1) is 18.3. The summed E-state index contributed by atoms with van der Waals surface area (Å²) < 4.78 is 0. The Morgan fingerprint density at radius 2 is 1.96 bits per heavy atom. The molecule has 1 aromatic rings. The van der Waals surface area contributed by atoms with Gasteiger partial charge in [-0.1, -0.05) is 24.3 Å². The number of carbonyl (C=O) groups is 1. The molecule has 0 aliphatic carbocycles. The molecule has 5 nitrogen and oxygen atoms in total.